The highest BCUT2D eigenvalue weighted by molar-refractivity contribution is 5.88. The Morgan fingerprint density at radius 3 is 1.09 bits per heavy atom. The number of nitrogens with zero attached hydrogens (tertiary/aromatic N) is 5. The van der Waals surface area contributed by atoms with Gasteiger partial charge in [0, 0.05) is 100 Å². The van der Waals surface area contributed by atoms with E-state index in [1.165, 1.54) is 38.5 Å². The van der Waals surface area contributed by atoms with Crippen LogP contribution in [0.1, 0.15) is 127 Å². The summed E-state index contributed by atoms with van der Waals surface area (Å²) >= 11 is 0. The average Bonchev–Trinajstić information content (AvgIpc) is 3.31. The molecule has 3 fully saturated rings. The lowest BCUT2D eigenvalue weighted by atomic mass is 9.83. The van der Waals surface area contributed by atoms with E-state index in [-0.39, 0.29) is 61.0 Å². The maximum atomic E-state index is 13.2. The minimum atomic E-state index is -4.43. The van der Waals surface area contributed by atoms with Crippen LogP contribution in [0.25, 0.3) is 32.7 Å². The van der Waals surface area contributed by atoms with Gasteiger partial charge < -0.3 is 20.2 Å². The number of benzene rings is 3. The summed E-state index contributed by atoms with van der Waals surface area (Å²) in [5.41, 5.74) is 0.575. The number of pyridine rings is 3. The van der Waals surface area contributed by atoms with Crippen molar-refractivity contribution in [3.63, 3.8) is 0 Å². The Labute approximate surface area is 432 Å². The minimum absolute atomic E-state index is 0. The number of likely N-dealkylation sites (tertiary alicyclic amines) is 2. The second kappa shape index (κ2) is 25.4. The van der Waals surface area contributed by atoms with Crippen molar-refractivity contribution in [2.45, 2.75) is 112 Å². The predicted molar refractivity (Wildman–Crippen MR) is 274 cm³/mol. The predicted octanol–water partition coefficient (Wildman–Crippen LogP) is 13.8. The van der Waals surface area contributed by atoms with E-state index >= 15 is 0 Å². The Kier molecular flexibility index (Phi) is 20.8. The molecule has 10 nitrogen and oxygen atoms in total. The van der Waals surface area contributed by atoms with Crippen LogP contribution < -0.4 is 5.32 Å². The van der Waals surface area contributed by atoms with Crippen LogP contribution in [0.4, 0.5) is 39.5 Å². The molecule has 2 amide bonds. The fourth-order valence-corrected chi connectivity index (χ4v) is 10.4. The number of piperidine rings is 3. The zero-order valence-corrected chi connectivity index (χ0v) is 41.3. The van der Waals surface area contributed by atoms with Gasteiger partial charge in [-0.25, -0.2) is 0 Å². The third-order valence-electron chi connectivity index (χ3n) is 13.4. The Bertz CT molecular complexity index is 2780. The Morgan fingerprint density at radius 1 is 0.493 bits per heavy atom. The molecule has 0 spiro atoms. The van der Waals surface area contributed by atoms with Crippen LogP contribution in [0.15, 0.2) is 91.4 Å². The molecule has 3 aliphatic heterocycles. The van der Waals surface area contributed by atoms with Crippen LogP contribution in [-0.2, 0) is 32.9 Å². The largest absolute Gasteiger partial charge is 0.481 e. The number of hydrogen-bond acceptors (Lipinski definition) is 7. The average molecular weight is 1060 g/mol. The smallest absolute Gasteiger partial charge is 0.418 e. The summed E-state index contributed by atoms with van der Waals surface area (Å²) in [5.74, 6) is 0.587. The maximum absolute atomic E-state index is 13.2. The molecule has 19 heteroatoms. The number of carbonyl (C=O) groups is 3. The first-order valence-corrected chi connectivity index (χ1v) is 24.0. The van der Waals surface area contributed by atoms with Crippen LogP contribution in [0.5, 0.6) is 0 Å². The van der Waals surface area contributed by atoms with Gasteiger partial charge in [0.15, 0.2) is 0 Å². The Balaban J connectivity index is 0.000000232. The van der Waals surface area contributed by atoms with Crippen molar-refractivity contribution in [1.29, 1.82) is 0 Å². The van der Waals surface area contributed by atoms with Gasteiger partial charge in [-0.05, 0) is 103 Å². The fourth-order valence-electron chi connectivity index (χ4n) is 10.4. The van der Waals surface area contributed by atoms with Gasteiger partial charge in [-0.3, -0.25) is 29.3 Å². The molecule has 3 aromatic carbocycles. The van der Waals surface area contributed by atoms with E-state index in [4.69, 9.17) is 9.90 Å². The summed E-state index contributed by atoms with van der Waals surface area (Å²) in [6.45, 7) is 14.7. The van der Waals surface area contributed by atoms with Crippen LogP contribution in [0, 0.1) is 17.8 Å². The van der Waals surface area contributed by atoms with Gasteiger partial charge >= 0.3 is 18.5 Å². The highest BCUT2D eigenvalue weighted by Crippen LogP contribution is 2.42. The Hall–Kier alpha value is -6.37. The van der Waals surface area contributed by atoms with E-state index in [9.17, 15) is 49.1 Å². The lowest BCUT2D eigenvalue weighted by Gasteiger charge is -2.36. The molecule has 3 aliphatic rings. The van der Waals surface area contributed by atoms with Crippen molar-refractivity contribution in [3.05, 3.63) is 125 Å². The van der Waals surface area contributed by atoms with Crippen LogP contribution in [-0.4, -0.2) is 86.9 Å². The number of amides is 2. The van der Waals surface area contributed by atoms with Gasteiger partial charge in [-0.2, -0.15) is 39.5 Å². The van der Waals surface area contributed by atoms with E-state index in [0.717, 1.165) is 68.1 Å². The molecule has 0 aliphatic carbocycles. The van der Waals surface area contributed by atoms with Crippen molar-refractivity contribution in [2.24, 2.45) is 17.8 Å². The van der Waals surface area contributed by atoms with Crippen LogP contribution in [0.3, 0.4) is 0 Å². The van der Waals surface area contributed by atoms with E-state index in [1.54, 1.807) is 64.4 Å². The van der Waals surface area contributed by atoms with Gasteiger partial charge in [0.1, 0.15) is 0 Å². The van der Waals surface area contributed by atoms with Gasteiger partial charge in [0.2, 0.25) is 11.8 Å². The molecule has 2 N–H and O–H groups in total. The first kappa shape index (κ1) is 61.2. The number of carboxylic acids is 1. The van der Waals surface area contributed by atoms with Gasteiger partial charge in [-0.15, -0.1) is 0 Å². The minimum Gasteiger partial charge on any atom is -0.481 e. The second-order valence-corrected chi connectivity index (χ2v) is 19.4. The van der Waals surface area contributed by atoms with E-state index in [1.807, 2.05) is 0 Å². The van der Waals surface area contributed by atoms with Crippen LogP contribution >= 0.6 is 0 Å². The van der Waals surface area contributed by atoms with E-state index < -0.39 is 41.2 Å². The summed E-state index contributed by atoms with van der Waals surface area (Å²) in [4.78, 5) is 48.0. The molecule has 0 radical (unpaired) electrons. The standard InChI is InChI=1S/2C18H19F3N2O.C16H17F3N2.C2H4O2.2CH4/c2*1-11-8-13(10-23(9-11)12(2)24)14-5-6-16(18(19,20)21)17-15(14)4-3-7-22-17;1-10-7-11(9-20-8-10)12-4-5-14(16(17,18)19)15-13(12)3-2-6-21-15;1-2(3)4;;/h2*3-7,11,13H,8-10H2,1-2H3;2-6,10-11,20H,7-9H2,1H3;1H3,(H,3,4);2*1H4/t11-,13?;11-,13+;;;;/m11..../s1. The zero-order chi connectivity index (χ0) is 53.6. The summed E-state index contributed by atoms with van der Waals surface area (Å²) in [6, 6.07) is 18.2. The molecule has 0 bridgehead atoms. The number of rotatable bonds is 3. The highest BCUT2D eigenvalue weighted by Gasteiger charge is 2.38. The monoisotopic (exact) mass is 1060 g/mol. The number of aromatic nitrogens is 3. The fraction of sp³-hybridized carbons (Fsp3) is 0.464. The van der Waals surface area contributed by atoms with Crippen molar-refractivity contribution in [2.75, 3.05) is 39.3 Å². The molecular formula is C56H67F9N6O4. The molecule has 75 heavy (non-hydrogen) atoms. The second-order valence-electron chi connectivity index (χ2n) is 19.4. The quantitative estimate of drug-likeness (QED) is 0.168. The molecule has 6 heterocycles. The van der Waals surface area contributed by atoms with Gasteiger partial charge in [-0.1, -0.05) is 72.0 Å². The molecular weight excluding hydrogens is 992 g/mol. The number of carbonyl (C=O) groups excluding carboxylic acids is 2. The normalized spacial score (nSPS) is 20.9. The molecule has 6 aromatic rings. The third kappa shape index (κ3) is 15.4. The summed E-state index contributed by atoms with van der Waals surface area (Å²) in [6.07, 6.45) is -6.38. The first-order chi connectivity index (χ1) is 34.2. The Morgan fingerprint density at radius 2 is 0.800 bits per heavy atom. The molecule has 9 rings (SSSR count). The number of halogens is 9. The topological polar surface area (TPSA) is 129 Å². The van der Waals surface area contributed by atoms with Crippen molar-refractivity contribution in [3.8, 4) is 0 Å². The van der Waals surface area contributed by atoms with Crippen LogP contribution in [0.2, 0.25) is 0 Å². The number of fused-ring (bicyclic) bond motifs is 3. The summed E-state index contributed by atoms with van der Waals surface area (Å²) < 4.78 is 119. The van der Waals surface area contributed by atoms with Crippen molar-refractivity contribution < 1.29 is 59.0 Å². The molecule has 3 aromatic heterocycles. The first-order valence-electron chi connectivity index (χ1n) is 24.0. The zero-order valence-electron chi connectivity index (χ0n) is 41.3. The number of alkyl halides is 9. The van der Waals surface area contributed by atoms with E-state index in [2.05, 4.69) is 41.0 Å². The molecule has 6 atom stereocenters. The highest BCUT2D eigenvalue weighted by atomic mass is 19.4. The van der Waals surface area contributed by atoms with Gasteiger partial charge in [0.05, 0.1) is 33.2 Å². The molecule has 3 saturated heterocycles. The lowest BCUT2D eigenvalue weighted by Crippen LogP contribution is -2.41. The summed E-state index contributed by atoms with van der Waals surface area (Å²) in [5, 5.41) is 12.4. The number of carboxylic acid groups (broad SMARTS) is 1. The molecule has 0 saturated carbocycles. The van der Waals surface area contributed by atoms with Crippen molar-refractivity contribution in [1.82, 2.24) is 30.1 Å². The molecule has 408 valence electrons. The number of aliphatic carboxylic acids is 1. The number of nitrogens with one attached hydrogen (secondary N) is 1. The third-order valence-corrected chi connectivity index (χ3v) is 13.4. The summed E-state index contributed by atoms with van der Waals surface area (Å²) in [7, 11) is 0. The molecule has 3 unspecified atom stereocenters. The number of hydrogen-bond donors (Lipinski definition) is 2. The van der Waals surface area contributed by atoms with Gasteiger partial charge in [0.25, 0.3) is 5.97 Å². The lowest BCUT2D eigenvalue weighted by molar-refractivity contribution is -0.137. The SMILES string of the molecule is C.C.CC(=O)N1CC(c2ccc(C(F)(F)F)c3ncccc23)C[C@@H](C)C1.CC(=O)N1C[C@H](C)C[C@H](c2ccc(C(F)(F)F)c3ncccc23)C1.CC(=O)O.CC1CNCC(c2ccc(C(F)(F)F)c3ncccc23)C1. The van der Waals surface area contributed by atoms with E-state index in [0.29, 0.717) is 60.1 Å². The van der Waals surface area contributed by atoms with Crippen molar-refractivity contribution >= 4 is 50.5 Å². The maximum Gasteiger partial charge on any atom is 0.418 e.